The van der Waals surface area contributed by atoms with Gasteiger partial charge in [0.05, 0.1) is 0 Å². The zero-order valence-electron chi connectivity index (χ0n) is 16.1. The van der Waals surface area contributed by atoms with Crippen LogP contribution < -0.4 is 10.2 Å². The van der Waals surface area contributed by atoms with E-state index in [4.69, 9.17) is 0 Å². The van der Waals surface area contributed by atoms with Crippen LogP contribution >= 0.6 is 22.6 Å². The minimum Gasteiger partial charge on any atom is -0.329 e. The van der Waals surface area contributed by atoms with Crippen LogP contribution in [0.15, 0.2) is 54.7 Å². The molecule has 1 aromatic heterocycles. The number of hydrogen-bond donors (Lipinski definition) is 1. The third-order valence-electron chi connectivity index (χ3n) is 4.44. The van der Waals surface area contributed by atoms with E-state index in [-0.39, 0.29) is 11.8 Å². The van der Waals surface area contributed by atoms with E-state index in [1.165, 1.54) is 4.90 Å². The van der Waals surface area contributed by atoms with Crippen molar-refractivity contribution in [2.75, 3.05) is 17.3 Å². The van der Waals surface area contributed by atoms with Crippen molar-refractivity contribution in [2.24, 2.45) is 0 Å². The van der Waals surface area contributed by atoms with Crippen molar-refractivity contribution in [3.05, 3.63) is 69.4 Å². The number of benzene rings is 2. The molecule has 0 aliphatic heterocycles. The van der Waals surface area contributed by atoms with E-state index < -0.39 is 11.7 Å². The summed E-state index contributed by atoms with van der Waals surface area (Å²) in [5.41, 5.74) is 1.53. The van der Waals surface area contributed by atoms with Gasteiger partial charge in [0.15, 0.2) is 5.82 Å². The number of rotatable bonds is 5. The zero-order valence-corrected chi connectivity index (χ0v) is 18.3. The average Bonchev–Trinajstić information content (AvgIpc) is 2.68. The molecule has 4 nitrogen and oxygen atoms in total. The van der Waals surface area contributed by atoms with Gasteiger partial charge in [0.1, 0.15) is 5.56 Å². The highest BCUT2D eigenvalue weighted by Crippen LogP contribution is 2.38. The summed E-state index contributed by atoms with van der Waals surface area (Å²) in [6.07, 6.45) is -3.75. The lowest BCUT2D eigenvalue weighted by molar-refractivity contribution is -0.137. The number of aromatic nitrogens is 2. The summed E-state index contributed by atoms with van der Waals surface area (Å²) < 4.78 is 41.8. The van der Waals surface area contributed by atoms with Crippen molar-refractivity contribution in [3.8, 4) is 0 Å². The number of anilines is 4. The molecule has 8 heteroatoms. The molecule has 0 spiro atoms. The highest BCUT2D eigenvalue weighted by atomic mass is 127. The van der Waals surface area contributed by atoms with Crippen molar-refractivity contribution in [2.45, 2.75) is 25.9 Å². The maximum absolute atomic E-state index is 13.6. The summed E-state index contributed by atoms with van der Waals surface area (Å²) in [5.74, 6) is 0.224. The van der Waals surface area contributed by atoms with Gasteiger partial charge in [-0.1, -0.05) is 26.0 Å². The number of nitrogens with one attached hydrogen (secondary N) is 1. The number of halogens is 4. The van der Waals surface area contributed by atoms with Crippen LogP contribution in [0.3, 0.4) is 0 Å². The fourth-order valence-corrected chi connectivity index (χ4v) is 3.12. The topological polar surface area (TPSA) is 41.1 Å². The molecule has 0 atom stereocenters. The first-order valence-electron chi connectivity index (χ1n) is 8.95. The summed E-state index contributed by atoms with van der Waals surface area (Å²) in [7, 11) is 1.57. The van der Waals surface area contributed by atoms with Crippen LogP contribution in [0.4, 0.5) is 36.3 Å². The first kappa shape index (κ1) is 21.4. The monoisotopic (exact) mass is 512 g/mol. The molecular formula is C21H20F3IN4. The second-order valence-electron chi connectivity index (χ2n) is 6.87. The van der Waals surface area contributed by atoms with E-state index in [2.05, 4.69) is 51.7 Å². The lowest BCUT2D eigenvalue weighted by Gasteiger charge is -2.23. The van der Waals surface area contributed by atoms with Crippen molar-refractivity contribution in [1.82, 2.24) is 9.97 Å². The van der Waals surface area contributed by atoms with Gasteiger partial charge in [-0.2, -0.15) is 18.2 Å². The highest BCUT2D eigenvalue weighted by molar-refractivity contribution is 14.1. The molecule has 3 rings (SSSR count). The molecule has 0 radical (unpaired) electrons. The largest absolute Gasteiger partial charge is 0.421 e. The molecule has 152 valence electrons. The van der Waals surface area contributed by atoms with Crippen LogP contribution in [0.25, 0.3) is 0 Å². The SMILES string of the molecule is CC(C)c1ccc(N(C)c2nc(Nc3ccc(I)cc3)ncc2C(F)(F)F)cc1. The van der Waals surface area contributed by atoms with Crippen LogP contribution in [0.1, 0.15) is 30.9 Å². The molecule has 1 heterocycles. The Hall–Kier alpha value is -2.36. The number of hydrogen-bond acceptors (Lipinski definition) is 4. The predicted octanol–water partition coefficient (Wildman–Crippen LogP) is 6.73. The van der Waals surface area contributed by atoms with Crippen molar-refractivity contribution < 1.29 is 13.2 Å². The summed E-state index contributed by atoms with van der Waals surface area (Å²) >= 11 is 2.18. The Kier molecular flexibility index (Phi) is 6.30. The lowest BCUT2D eigenvalue weighted by atomic mass is 10.0. The molecule has 0 unspecified atom stereocenters. The molecule has 0 bridgehead atoms. The Morgan fingerprint density at radius 3 is 2.17 bits per heavy atom. The Labute approximate surface area is 181 Å². The van der Waals surface area contributed by atoms with Gasteiger partial charge in [-0.15, -0.1) is 0 Å². The minimum absolute atomic E-state index is 0.0971. The predicted molar refractivity (Wildman–Crippen MR) is 118 cm³/mol. The Bertz CT molecular complexity index is 971. The van der Waals surface area contributed by atoms with E-state index in [9.17, 15) is 13.2 Å². The smallest absolute Gasteiger partial charge is 0.329 e. The Morgan fingerprint density at radius 2 is 1.62 bits per heavy atom. The molecule has 0 amide bonds. The van der Waals surface area contributed by atoms with Crippen LogP contribution in [-0.2, 0) is 6.18 Å². The van der Waals surface area contributed by atoms with Crippen LogP contribution in [0.5, 0.6) is 0 Å². The van der Waals surface area contributed by atoms with Gasteiger partial charge in [-0.05, 0) is 70.5 Å². The van der Waals surface area contributed by atoms with Crippen molar-refractivity contribution in [3.63, 3.8) is 0 Å². The molecule has 0 saturated heterocycles. The molecule has 3 aromatic rings. The average molecular weight is 512 g/mol. The molecule has 0 aliphatic rings. The third-order valence-corrected chi connectivity index (χ3v) is 5.16. The van der Waals surface area contributed by atoms with Crippen molar-refractivity contribution >= 4 is 45.7 Å². The fourth-order valence-electron chi connectivity index (χ4n) is 2.76. The van der Waals surface area contributed by atoms with E-state index in [1.807, 2.05) is 36.4 Å². The summed E-state index contributed by atoms with van der Waals surface area (Å²) in [6.45, 7) is 4.13. The summed E-state index contributed by atoms with van der Waals surface area (Å²) in [6, 6.07) is 14.8. The van der Waals surface area contributed by atoms with E-state index in [1.54, 1.807) is 19.2 Å². The Balaban J connectivity index is 1.98. The Morgan fingerprint density at radius 1 is 1.00 bits per heavy atom. The van der Waals surface area contributed by atoms with Crippen molar-refractivity contribution in [1.29, 1.82) is 0 Å². The van der Waals surface area contributed by atoms with Gasteiger partial charge < -0.3 is 10.2 Å². The highest BCUT2D eigenvalue weighted by Gasteiger charge is 2.36. The van der Waals surface area contributed by atoms with Crippen LogP contribution in [0.2, 0.25) is 0 Å². The first-order chi connectivity index (χ1) is 13.6. The first-order valence-corrected chi connectivity index (χ1v) is 10.0. The molecule has 0 saturated carbocycles. The summed E-state index contributed by atoms with van der Waals surface area (Å²) in [4.78, 5) is 9.46. The third kappa shape index (κ3) is 5.17. The van der Waals surface area contributed by atoms with Gasteiger partial charge >= 0.3 is 6.18 Å². The van der Waals surface area contributed by atoms with E-state index in [0.29, 0.717) is 17.3 Å². The number of alkyl halides is 3. The molecule has 0 aliphatic carbocycles. The van der Waals surface area contributed by atoms with Gasteiger partial charge in [-0.3, -0.25) is 0 Å². The molecule has 0 fully saturated rings. The maximum Gasteiger partial charge on any atom is 0.421 e. The number of nitrogens with zero attached hydrogens (tertiary/aromatic N) is 3. The second kappa shape index (κ2) is 8.56. The van der Waals surface area contributed by atoms with E-state index >= 15 is 0 Å². The maximum atomic E-state index is 13.6. The molecule has 2 aromatic carbocycles. The van der Waals surface area contributed by atoms with Gasteiger partial charge in [-0.25, -0.2) is 4.98 Å². The normalized spacial score (nSPS) is 11.6. The standard InChI is InChI=1S/C21H20F3IN4/c1-13(2)14-4-10-17(11-5-14)29(3)19-18(21(22,23)24)12-26-20(28-19)27-16-8-6-15(25)7-9-16/h4-13H,1-3H3,(H,26,27,28). The van der Waals surface area contributed by atoms with E-state index in [0.717, 1.165) is 15.3 Å². The minimum atomic E-state index is -4.57. The zero-order chi connectivity index (χ0) is 21.2. The van der Waals surface area contributed by atoms with Crippen LogP contribution in [-0.4, -0.2) is 17.0 Å². The van der Waals surface area contributed by atoms with Gasteiger partial charge in [0, 0.05) is 28.2 Å². The lowest BCUT2D eigenvalue weighted by Crippen LogP contribution is -2.19. The van der Waals surface area contributed by atoms with Crippen LogP contribution in [0, 0.1) is 3.57 Å². The molecule has 29 heavy (non-hydrogen) atoms. The summed E-state index contributed by atoms with van der Waals surface area (Å²) in [5, 5.41) is 2.96. The second-order valence-corrected chi connectivity index (χ2v) is 8.11. The quantitative estimate of drug-likeness (QED) is 0.385. The molecule has 1 N–H and O–H groups in total. The van der Waals surface area contributed by atoms with Gasteiger partial charge in [0.25, 0.3) is 0 Å². The molecular weight excluding hydrogens is 492 g/mol. The van der Waals surface area contributed by atoms with Gasteiger partial charge in [0.2, 0.25) is 5.95 Å². The fraction of sp³-hybridized carbons (Fsp3) is 0.238.